The van der Waals surface area contributed by atoms with Gasteiger partial charge in [-0.1, -0.05) is 17.3 Å². The van der Waals surface area contributed by atoms with Crippen molar-refractivity contribution in [3.05, 3.63) is 40.7 Å². The van der Waals surface area contributed by atoms with E-state index < -0.39 is 5.97 Å². The maximum absolute atomic E-state index is 11.9. The van der Waals surface area contributed by atoms with Gasteiger partial charge in [-0.15, -0.1) is 5.10 Å². The Bertz CT molecular complexity index is 706. The van der Waals surface area contributed by atoms with E-state index in [9.17, 15) is 9.59 Å². The predicted molar refractivity (Wildman–Crippen MR) is 74.5 cm³/mol. The summed E-state index contributed by atoms with van der Waals surface area (Å²) in [6, 6.07) is 5.76. The van der Waals surface area contributed by atoms with E-state index in [-0.39, 0.29) is 5.69 Å². The van der Waals surface area contributed by atoms with Gasteiger partial charge in [-0.05, 0) is 37.0 Å². The van der Waals surface area contributed by atoms with E-state index in [4.69, 9.17) is 4.74 Å². The van der Waals surface area contributed by atoms with Gasteiger partial charge in [0.15, 0.2) is 5.69 Å². The average molecular weight is 285 g/mol. The first kappa shape index (κ1) is 13.5. The van der Waals surface area contributed by atoms with Gasteiger partial charge in [-0.2, -0.15) is 0 Å². The zero-order valence-electron chi connectivity index (χ0n) is 11.7. The number of ether oxygens (including phenoxy) is 1. The van der Waals surface area contributed by atoms with E-state index in [1.807, 2.05) is 18.2 Å². The number of rotatable bonds is 4. The fourth-order valence-electron chi connectivity index (χ4n) is 2.71. The fourth-order valence-corrected chi connectivity index (χ4v) is 2.71. The number of esters is 1. The molecule has 0 bridgehead atoms. The van der Waals surface area contributed by atoms with Crippen molar-refractivity contribution >= 4 is 12.3 Å². The highest BCUT2D eigenvalue weighted by molar-refractivity contribution is 5.88. The monoisotopic (exact) mass is 285 g/mol. The maximum atomic E-state index is 11.9. The molecular formula is C15H15N3O3. The first-order chi connectivity index (χ1) is 10.3. The van der Waals surface area contributed by atoms with Crippen LogP contribution in [0.1, 0.15) is 34.2 Å². The second-order valence-corrected chi connectivity index (χ2v) is 4.80. The summed E-state index contributed by atoms with van der Waals surface area (Å²) in [7, 11) is 0. The molecule has 0 fully saturated rings. The molecule has 6 heteroatoms. The molecule has 0 amide bonds. The van der Waals surface area contributed by atoms with Gasteiger partial charge in [0, 0.05) is 6.42 Å². The lowest BCUT2D eigenvalue weighted by molar-refractivity contribution is -0.107. The van der Waals surface area contributed by atoms with Crippen molar-refractivity contribution in [3.8, 4) is 5.69 Å². The Morgan fingerprint density at radius 2 is 2.29 bits per heavy atom. The van der Waals surface area contributed by atoms with Gasteiger partial charge in [-0.25, -0.2) is 9.48 Å². The zero-order valence-corrected chi connectivity index (χ0v) is 11.7. The van der Waals surface area contributed by atoms with Crippen molar-refractivity contribution in [2.45, 2.75) is 26.2 Å². The Morgan fingerprint density at radius 3 is 3.05 bits per heavy atom. The van der Waals surface area contributed by atoms with Crippen LogP contribution in [0.3, 0.4) is 0 Å². The first-order valence-electron chi connectivity index (χ1n) is 6.92. The standard InChI is InChI=1S/C15H15N3O3/c1-2-21-15(20)14-13-7-6-11-10(8-9-19)4-3-5-12(11)18(13)17-16-14/h3-5,9H,2,6-8H2,1H3. The molecule has 2 heterocycles. The van der Waals surface area contributed by atoms with Crippen LogP contribution in [0.25, 0.3) is 5.69 Å². The molecule has 0 atom stereocenters. The third-order valence-corrected chi connectivity index (χ3v) is 3.62. The van der Waals surface area contributed by atoms with Crippen LogP contribution in [0.2, 0.25) is 0 Å². The van der Waals surface area contributed by atoms with Crippen LogP contribution < -0.4 is 0 Å². The number of aldehydes is 1. The Kier molecular flexibility index (Phi) is 3.51. The number of carbonyl (C=O) groups excluding carboxylic acids is 2. The minimum Gasteiger partial charge on any atom is -0.461 e. The van der Waals surface area contributed by atoms with Crippen LogP contribution in [-0.2, 0) is 28.8 Å². The van der Waals surface area contributed by atoms with E-state index in [0.717, 1.165) is 35.2 Å². The van der Waals surface area contributed by atoms with Gasteiger partial charge in [0.2, 0.25) is 0 Å². The molecule has 0 unspecified atom stereocenters. The summed E-state index contributed by atoms with van der Waals surface area (Å²) in [6.07, 6.45) is 2.71. The molecule has 1 aromatic heterocycles. The fraction of sp³-hybridized carbons (Fsp3) is 0.333. The lowest BCUT2D eigenvalue weighted by Crippen LogP contribution is -2.17. The van der Waals surface area contributed by atoms with Crippen molar-refractivity contribution in [2.24, 2.45) is 0 Å². The number of hydrogen-bond acceptors (Lipinski definition) is 5. The summed E-state index contributed by atoms with van der Waals surface area (Å²) in [5.74, 6) is -0.439. The summed E-state index contributed by atoms with van der Waals surface area (Å²) in [6.45, 7) is 2.07. The second kappa shape index (κ2) is 5.47. The average Bonchev–Trinajstić information content (AvgIpc) is 2.92. The Balaban J connectivity index is 2.06. The Labute approximate surface area is 121 Å². The molecule has 0 aliphatic carbocycles. The van der Waals surface area contributed by atoms with E-state index in [1.54, 1.807) is 11.6 Å². The largest absolute Gasteiger partial charge is 0.461 e. The molecule has 21 heavy (non-hydrogen) atoms. The molecular weight excluding hydrogens is 270 g/mol. The molecule has 0 radical (unpaired) electrons. The van der Waals surface area contributed by atoms with E-state index in [1.165, 1.54) is 0 Å². The number of aromatic nitrogens is 3. The molecule has 0 saturated heterocycles. The number of benzene rings is 1. The van der Waals surface area contributed by atoms with Crippen LogP contribution in [0.15, 0.2) is 18.2 Å². The second-order valence-electron chi connectivity index (χ2n) is 4.80. The summed E-state index contributed by atoms with van der Waals surface area (Å²) in [5.41, 5.74) is 4.03. The Hall–Kier alpha value is -2.50. The SMILES string of the molecule is CCOC(=O)c1nnn2c1CCc1c(CC=O)cccc1-2. The molecule has 0 N–H and O–H groups in total. The maximum Gasteiger partial charge on any atom is 0.360 e. The third-order valence-electron chi connectivity index (χ3n) is 3.62. The highest BCUT2D eigenvalue weighted by Gasteiger charge is 2.26. The zero-order chi connectivity index (χ0) is 14.8. The summed E-state index contributed by atoms with van der Waals surface area (Å²) in [4.78, 5) is 22.6. The molecule has 1 aliphatic rings. The summed E-state index contributed by atoms with van der Waals surface area (Å²) >= 11 is 0. The van der Waals surface area contributed by atoms with Gasteiger partial charge >= 0.3 is 5.97 Å². The lowest BCUT2D eigenvalue weighted by Gasteiger charge is -2.20. The molecule has 1 aromatic carbocycles. The van der Waals surface area contributed by atoms with Gasteiger partial charge in [0.25, 0.3) is 0 Å². The van der Waals surface area contributed by atoms with Crippen LogP contribution >= 0.6 is 0 Å². The Morgan fingerprint density at radius 1 is 1.43 bits per heavy atom. The first-order valence-corrected chi connectivity index (χ1v) is 6.92. The highest BCUT2D eigenvalue weighted by atomic mass is 16.5. The van der Waals surface area contributed by atoms with Crippen LogP contribution in [-0.4, -0.2) is 33.9 Å². The molecule has 108 valence electrons. The smallest absolute Gasteiger partial charge is 0.360 e. The normalized spacial score (nSPS) is 12.4. The minimum absolute atomic E-state index is 0.281. The number of nitrogens with zero attached hydrogens (tertiary/aromatic N) is 3. The number of carbonyl (C=O) groups is 2. The summed E-state index contributed by atoms with van der Waals surface area (Å²) in [5, 5.41) is 8.04. The van der Waals surface area contributed by atoms with Crippen LogP contribution in [0, 0.1) is 0 Å². The molecule has 6 nitrogen and oxygen atoms in total. The quantitative estimate of drug-likeness (QED) is 0.625. The van der Waals surface area contributed by atoms with Crippen molar-refractivity contribution in [2.75, 3.05) is 6.61 Å². The molecule has 0 saturated carbocycles. The number of hydrogen-bond donors (Lipinski definition) is 0. The van der Waals surface area contributed by atoms with Crippen molar-refractivity contribution in [1.29, 1.82) is 0 Å². The van der Waals surface area contributed by atoms with E-state index in [2.05, 4.69) is 10.3 Å². The van der Waals surface area contributed by atoms with Crippen LogP contribution in [0.5, 0.6) is 0 Å². The molecule has 0 spiro atoms. The van der Waals surface area contributed by atoms with Crippen molar-refractivity contribution < 1.29 is 14.3 Å². The number of fused-ring (bicyclic) bond motifs is 3. The van der Waals surface area contributed by atoms with Crippen LogP contribution in [0.4, 0.5) is 0 Å². The van der Waals surface area contributed by atoms with Gasteiger partial charge in [-0.3, -0.25) is 0 Å². The highest BCUT2D eigenvalue weighted by Crippen LogP contribution is 2.28. The topological polar surface area (TPSA) is 74.1 Å². The van der Waals surface area contributed by atoms with Gasteiger partial charge in [0.1, 0.15) is 6.29 Å². The van der Waals surface area contributed by atoms with E-state index in [0.29, 0.717) is 19.4 Å². The van der Waals surface area contributed by atoms with E-state index >= 15 is 0 Å². The minimum atomic E-state index is -0.439. The molecule has 3 rings (SSSR count). The molecule has 2 aromatic rings. The third kappa shape index (κ3) is 2.22. The lowest BCUT2D eigenvalue weighted by atomic mass is 9.94. The molecule has 1 aliphatic heterocycles. The van der Waals surface area contributed by atoms with Crippen molar-refractivity contribution in [1.82, 2.24) is 15.0 Å². The van der Waals surface area contributed by atoms with Gasteiger partial charge in [0.05, 0.1) is 18.0 Å². The predicted octanol–water partition coefficient (Wildman–Crippen LogP) is 1.28. The summed E-state index contributed by atoms with van der Waals surface area (Å²) < 4.78 is 6.68. The van der Waals surface area contributed by atoms with Gasteiger partial charge < -0.3 is 9.53 Å². The van der Waals surface area contributed by atoms with Crippen molar-refractivity contribution in [3.63, 3.8) is 0 Å².